The van der Waals surface area contributed by atoms with Crippen molar-refractivity contribution in [2.24, 2.45) is 5.73 Å². The zero-order valence-corrected chi connectivity index (χ0v) is 9.48. The van der Waals surface area contributed by atoms with Gasteiger partial charge in [-0.2, -0.15) is 0 Å². The quantitative estimate of drug-likeness (QED) is 0.774. The normalized spacial score (nSPS) is 17.8. The van der Waals surface area contributed by atoms with Gasteiger partial charge in [0.2, 0.25) is 0 Å². The van der Waals surface area contributed by atoms with Crippen LogP contribution >= 0.6 is 0 Å². The van der Waals surface area contributed by atoms with E-state index in [1.165, 1.54) is 0 Å². The molecule has 1 fully saturated rings. The van der Waals surface area contributed by atoms with E-state index in [9.17, 15) is 4.79 Å². The van der Waals surface area contributed by atoms with Crippen molar-refractivity contribution in [1.82, 2.24) is 9.80 Å². The van der Waals surface area contributed by atoms with Crippen molar-refractivity contribution in [3.05, 3.63) is 23.7 Å². The van der Waals surface area contributed by atoms with Crippen molar-refractivity contribution in [3.63, 3.8) is 0 Å². The van der Waals surface area contributed by atoms with Crippen molar-refractivity contribution in [2.75, 3.05) is 33.2 Å². The maximum absolute atomic E-state index is 12.0. The molecule has 0 atom stereocenters. The van der Waals surface area contributed by atoms with E-state index >= 15 is 0 Å². The summed E-state index contributed by atoms with van der Waals surface area (Å²) in [5.74, 6) is 1.01. The van der Waals surface area contributed by atoms with Gasteiger partial charge in [-0.05, 0) is 19.2 Å². The number of piperazine rings is 1. The highest BCUT2D eigenvalue weighted by atomic mass is 16.4. The van der Waals surface area contributed by atoms with Crippen molar-refractivity contribution in [2.45, 2.75) is 6.54 Å². The first-order valence-electron chi connectivity index (χ1n) is 5.47. The Kier molecular flexibility index (Phi) is 3.26. The summed E-state index contributed by atoms with van der Waals surface area (Å²) in [5, 5.41) is 0. The highest BCUT2D eigenvalue weighted by Gasteiger charge is 2.22. The van der Waals surface area contributed by atoms with Crippen LogP contribution in [0.3, 0.4) is 0 Å². The molecule has 0 spiro atoms. The maximum atomic E-state index is 12.0. The van der Waals surface area contributed by atoms with Gasteiger partial charge in [-0.1, -0.05) is 0 Å². The maximum Gasteiger partial charge on any atom is 0.289 e. The standard InChI is InChI=1S/C11H17N3O2/c1-13-4-6-14(7-5-13)11(15)10-3-2-9(8-12)16-10/h2-3H,4-8,12H2,1H3. The second-order valence-electron chi connectivity index (χ2n) is 4.07. The summed E-state index contributed by atoms with van der Waals surface area (Å²) in [4.78, 5) is 16.0. The van der Waals surface area contributed by atoms with E-state index in [0.717, 1.165) is 26.2 Å². The van der Waals surface area contributed by atoms with Crippen LogP contribution in [0.1, 0.15) is 16.3 Å². The summed E-state index contributed by atoms with van der Waals surface area (Å²) >= 11 is 0. The molecule has 1 aliphatic rings. The first-order valence-corrected chi connectivity index (χ1v) is 5.47. The predicted octanol–water partition coefficient (Wildman–Crippen LogP) is 0.126. The number of carbonyl (C=O) groups excluding carboxylic acids is 1. The van der Waals surface area contributed by atoms with Gasteiger partial charge in [0.15, 0.2) is 5.76 Å². The van der Waals surface area contributed by atoms with E-state index in [2.05, 4.69) is 11.9 Å². The summed E-state index contributed by atoms with van der Waals surface area (Å²) in [6.45, 7) is 3.67. The van der Waals surface area contributed by atoms with Crippen LogP contribution in [0.25, 0.3) is 0 Å². The third-order valence-electron chi connectivity index (χ3n) is 2.86. The smallest absolute Gasteiger partial charge is 0.289 e. The van der Waals surface area contributed by atoms with Crippen LogP contribution in [-0.4, -0.2) is 48.9 Å². The van der Waals surface area contributed by atoms with Crippen molar-refractivity contribution in [3.8, 4) is 0 Å². The summed E-state index contributed by atoms with van der Waals surface area (Å²) in [6.07, 6.45) is 0. The molecule has 5 heteroatoms. The average molecular weight is 223 g/mol. The minimum Gasteiger partial charge on any atom is -0.455 e. The lowest BCUT2D eigenvalue weighted by Gasteiger charge is -2.31. The van der Waals surface area contributed by atoms with Crippen LogP contribution in [0.5, 0.6) is 0 Å². The summed E-state index contributed by atoms with van der Waals surface area (Å²) in [5.41, 5.74) is 5.43. The Labute approximate surface area is 94.8 Å². The lowest BCUT2D eigenvalue weighted by atomic mass is 10.3. The number of amides is 1. The van der Waals surface area contributed by atoms with Gasteiger partial charge in [-0.3, -0.25) is 4.79 Å². The Hall–Kier alpha value is -1.33. The zero-order chi connectivity index (χ0) is 11.5. The highest BCUT2D eigenvalue weighted by Crippen LogP contribution is 2.11. The molecule has 1 aliphatic heterocycles. The fraction of sp³-hybridized carbons (Fsp3) is 0.545. The SMILES string of the molecule is CN1CCN(C(=O)c2ccc(CN)o2)CC1. The number of likely N-dealkylation sites (N-methyl/N-ethyl adjacent to an activating group) is 1. The van der Waals surface area contributed by atoms with Gasteiger partial charge in [0.1, 0.15) is 5.76 Å². The molecule has 0 unspecified atom stereocenters. The number of hydrogen-bond donors (Lipinski definition) is 1. The van der Waals surface area contributed by atoms with Crippen molar-refractivity contribution in [1.29, 1.82) is 0 Å². The summed E-state index contributed by atoms with van der Waals surface area (Å²) in [7, 11) is 2.06. The first kappa shape index (κ1) is 11.2. The number of nitrogens with two attached hydrogens (primary N) is 1. The molecular weight excluding hydrogens is 206 g/mol. The molecule has 0 saturated carbocycles. The topological polar surface area (TPSA) is 62.7 Å². The summed E-state index contributed by atoms with van der Waals surface area (Å²) < 4.78 is 5.34. The van der Waals surface area contributed by atoms with Gasteiger partial charge in [-0.15, -0.1) is 0 Å². The Morgan fingerprint density at radius 2 is 2.06 bits per heavy atom. The summed E-state index contributed by atoms with van der Waals surface area (Å²) in [6, 6.07) is 3.45. The fourth-order valence-corrected chi connectivity index (χ4v) is 1.77. The van der Waals surface area contributed by atoms with Crippen LogP contribution in [0.15, 0.2) is 16.5 Å². The number of nitrogens with zero attached hydrogens (tertiary/aromatic N) is 2. The molecule has 1 saturated heterocycles. The van der Waals surface area contributed by atoms with E-state index in [0.29, 0.717) is 18.1 Å². The van der Waals surface area contributed by atoms with E-state index in [1.54, 1.807) is 12.1 Å². The Morgan fingerprint density at radius 3 is 2.62 bits per heavy atom. The van der Waals surface area contributed by atoms with Crippen LogP contribution < -0.4 is 5.73 Å². The van der Waals surface area contributed by atoms with Crippen LogP contribution in [0.4, 0.5) is 0 Å². The fourth-order valence-electron chi connectivity index (χ4n) is 1.77. The number of rotatable bonds is 2. The molecule has 0 radical (unpaired) electrons. The van der Waals surface area contributed by atoms with Crippen LogP contribution in [0, 0.1) is 0 Å². The number of carbonyl (C=O) groups is 1. The average Bonchev–Trinajstić information content (AvgIpc) is 2.77. The predicted molar refractivity (Wildman–Crippen MR) is 60.0 cm³/mol. The minimum absolute atomic E-state index is 0.0344. The second kappa shape index (κ2) is 4.67. The molecule has 5 nitrogen and oxygen atoms in total. The molecule has 0 aliphatic carbocycles. The van der Waals surface area contributed by atoms with Gasteiger partial charge in [0.05, 0.1) is 6.54 Å². The van der Waals surface area contributed by atoms with E-state index in [-0.39, 0.29) is 5.91 Å². The van der Waals surface area contributed by atoms with Crippen molar-refractivity contribution < 1.29 is 9.21 Å². The molecule has 2 rings (SSSR count). The Balaban J connectivity index is 2.01. The van der Waals surface area contributed by atoms with Gasteiger partial charge < -0.3 is 20.0 Å². The molecular formula is C11H17N3O2. The molecule has 16 heavy (non-hydrogen) atoms. The van der Waals surface area contributed by atoms with Gasteiger partial charge in [0.25, 0.3) is 5.91 Å². The molecule has 2 heterocycles. The molecule has 2 N–H and O–H groups in total. The molecule has 1 aromatic heterocycles. The molecule has 1 aromatic rings. The van der Waals surface area contributed by atoms with Crippen LogP contribution in [-0.2, 0) is 6.54 Å². The van der Waals surface area contributed by atoms with Gasteiger partial charge >= 0.3 is 0 Å². The molecule has 0 bridgehead atoms. The lowest BCUT2D eigenvalue weighted by molar-refractivity contribution is 0.0631. The number of furan rings is 1. The van der Waals surface area contributed by atoms with E-state index in [4.69, 9.17) is 10.2 Å². The lowest BCUT2D eigenvalue weighted by Crippen LogP contribution is -2.47. The third-order valence-corrected chi connectivity index (χ3v) is 2.86. The Bertz CT molecular complexity index is 367. The largest absolute Gasteiger partial charge is 0.455 e. The zero-order valence-electron chi connectivity index (χ0n) is 9.48. The Morgan fingerprint density at radius 1 is 1.38 bits per heavy atom. The molecule has 0 aromatic carbocycles. The minimum atomic E-state index is -0.0344. The highest BCUT2D eigenvalue weighted by molar-refractivity contribution is 5.91. The molecule has 88 valence electrons. The van der Waals surface area contributed by atoms with Crippen molar-refractivity contribution >= 4 is 5.91 Å². The molecule has 1 amide bonds. The van der Waals surface area contributed by atoms with Gasteiger partial charge in [0, 0.05) is 26.2 Å². The van der Waals surface area contributed by atoms with E-state index < -0.39 is 0 Å². The van der Waals surface area contributed by atoms with E-state index in [1.807, 2.05) is 4.90 Å². The van der Waals surface area contributed by atoms with Gasteiger partial charge in [-0.25, -0.2) is 0 Å². The van der Waals surface area contributed by atoms with Crippen LogP contribution in [0.2, 0.25) is 0 Å². The number of hydrogen-bond acceptors (Lipinski definition) is 4. The second-order valence-corrected chi connectivity index (χ2v) is 4.07. The third kappa shape index (κ3) is 2.25. The monoisotopic (exact) mass is 223 g/mol. The first-order chi connectivity index (χ1) is 7.70.